The Morgan fingerprint density at radius 1 is 1.25 bits per heavy atom. The van der Waals surface area contributed by atoms with E-state index in [-0.39, 0.29) is 5.91 Å². The maximum atomic E-state index is 12.6. The van der Waals surface area contributed by atoms with Crippen molar-refractivity contribution in [2.45, 2.75) is 24.5 Å². The van der Waals surface area contributed by atoms with Crippen LogP contribution in [0.1, 0.15) is 27.0 Å². The third-order valence-corrected chi connectivity index (χ3v) is 8.58. The minimum absolute atomic E-state index is 0.0102. The molecule has 1 aliphatic rings. The highest BCUT2D eigenvalue weighted by molar-refractivity contribution is 7.91. The summed E-state index contributed by atoms with van der Waals surface area (Å²) in [6.07, 6.45) is 0.919. The summed E-state index contributed by atoms with van der Waals surface area (Å²) in [5.41, 5.74) is 1.21. The first kappa shape index (κ1) is 17.6. The molecule has 0 bridgehead atoms. The largest absolute Gasteiger partial charge is 0.335 e. The lowest BCUT2D eigenvalue weighted by molar-refractivity contribution is 0.0703. The van der Waals surface area contributed by atoms with Gasteiger partial charge in [-0.2, -0.15) is 4.31 Å². The number of piperazine rings is 1. The number of rotatable bonds is 4. The van der Waals surface area contributed by atoms with Crippen molar-refractivity contribution in [3.63, 3.8) is 0 Å². The van der Waals surface area contributed by atoms with Gasteiger partial charge in [0, 0.05) is 31.1 Å². The first-order chi connectivity index (χ1) is 11.4. The van der Waals surface area contributed by atoms with E-state index in [2.05, 4.69) is 6.92 Å². The summed E-state index contributed by atoms with van der Waals surface area (Å²) in [6, 6.07) is 5.33. The van der Waals surface area contributed by atoms with Crippen LogP contribution < -0.4 is 0 Å². The number of thiophene rings is 2. The van der Waals surface area contributed by atoms with Gasteiger partial charge in [-0.1, -0.05) is 13.0 Å². The van der Waals surface area contributed by atoms with Gasteiger partial charge in [-0.25, -0.2) is 8.42 Å². The molecule has 5 nitrogen and oxygen atoms in total. The number of nitrogens with zero attached hydrogens (tertiary/aromatic N) is 2. The lowest BCUT2D eigenvalue weighted by atomic mass is 10.2. The van der Waals surface area contributed by atoms with Crippen LogP contribution in [0, 0.1) is 6.92 Å². The van der Waals surface area contributed by atoms with Crippen molar-refractivity contribution in [2.24, 2.45) is 0 Å². The molecule has 0 aromatic carbocycles. The lowest BCUT2D eigenvalue weighted by Crippen LogP contribution is -2.50. The summed E-state index contributed by atoms with van der Waals surface area (Å²) < 4.78 is 26.9. The van der Waals surface area contributed by atoms with Gasteiger partial charge >= 0.3 is 0 Å². The second-order valence-corrected chi connectivity index (χ2v) is 10.0. The second kappa shape index (κ2) is 6.95. The number of hydrogen-bond acceptors (Lipinski definition) is 5. The van der Waals surface area contributed by atoms with E-state index in [4.69, 9.17) is 0 Å². The molecular formula is C16H20N2O3S3. The average Bonchev–Trinajstić information content (AvgIpc) is 3.24. The smallest absolute Gasteiger partial charge is 0.264 e. The van der Waals surface area contributed by atoms with Crippen molar-refractivity contribution >= 4 is 38.6 Å². The molecule has 0 radical (unpaired) electrons. The fourth-order valence-corrected chi connectivity index (χ4v) is 6.45. The Bertz CT molecular complexity index is 817. The van der Waals surface area contributed by atoms with Crippen molar-refractivity contribution in [2.75, 3.05) is 26.2 Å². The number of amides is 1. The summed E-state index contributed by atoms with van der Waals surface area (Å²) in [6.45, 7) is 5.67. The van der Waals surface area contributed by atoms with Gasteiger partial charge in [0.25, 0.3) is 15.9 Å². The van der Waals surface area contributed by atoms with E-state index >= 15 is 0 Å². The van der Waals surface area contributed by atoms with Crippen molar-refractivity contribution in [3.05, 3.63) is 38.9 Å². The normalized spacial score (nSPS) is 16.5. The Kier molecular flexibility index (Phi) is 5.10. The van der Waals surface area contributed by atoms with Crippen molar-refractivity contribution in [1.82, 2.24) is 9.21 Å². The van der Waals surface area contributed by atoms with Crippen LogP contribution in [0.25, 0.3) is 0 Å². The van der Waals surface area contributed by atoms with Gasteiger partial charge in [-0.3, -0.25) is 4.79 Å². The van der Waals surface area contributed by atoms with Gasteiger partial charge in [0.05, 0.1) is 4.88 Å². The quantitative estimate of drug-likeness (QED) is 0.814. The SMILES string of the molecule is CCc1cc(C(=O)N2CCN(S(=O)(=O)c3cccs3)CC2)sc1C. The molecule has 130 valence electrons. The van der Waals surface area contributed by atoms with E-state index in [1.54, 1.807) is 22.4 Å². The van der Waals surface area contributed by atoms with Crippen molar-refractivity contribution in [1.29, 1.82) is 0 Å². The zero-order valence-corrected chi connectivity index (χ0v) is 16.1. The molecule has 1 aliphatic heterocycles. The summed E-state index contributed by atoms with van der Waals surface area (Å²) in [4.78, 5) is 16.3. The summed E-state index contributed by atoms with van der Waals surface area (Å²) >= 11 is 2.75. The predicted octanol–water partition coefficient (Wildman–Crippen LogP) is 2.83. The van der Waals surface area contributed by atoms with Crippen LogP contribution in [0.4, 0.5) is 0 Å². The van der Waals surface area contributed by atoms with E-state index < -0.39 is 10.0 Å². The Balaban J connectivity index is 1.67. The van der Waals surface area contributed by atoms with Crippen molar-refractivity contribution < 1.29 is 13.2 Å². The highest BCUT2D eigenvalue weighted by Gasteiger charge is 2.31. The number of sulfonamides is 1. The standard InChI is InChI=1S/C16H20N2O3S3/c1-3-13-11-14(23-12(13)2)16(19)17-6-8-18(9-7-17)24(20,21)15-5-4-10-22-15/h4-5,10-11H,3,6-9H2,1-2H3. The van der Waals surface area contributed by atoms with Crippen LogP contribution in [0.2, 0.25) is 0 Å². The zero-order valence-electron chi connectivity index (χ0n) is 13.7. The monoisotopic (exact) mass is 384 g/mol. The first-order valence-corrected chi connectivity index (χ1v) is 11.0. The Labute approximate surface area is 150 Å². The van der Waals surface area contributed by atoms with E-state index in [1.807, 2.05) is 13.0 Å². The van der Waals surface area contributed by atoms with Crippen molar-refractivity contribution in [3.8, 4) is 0 Å². The van der Waals surface area contributed by atoms with Gasteiger partial charge in [-0.15, -0.1) is 22.7 Å². The molecule has 2 aromatic heterocycles. The zero-order chi connectivity index (χ0) is 17.3. The van der Waals surface area contributed by atoms with Crippen LogP contribution in [0.5, 0.6) is 0 Å². The van der Waals surface area contributed by atoms with E-state index in [9.17, 15) is 13.2 Å². The lowest BCUT2D eigenvalue weighted by Gasteiger charge is -2.33. The molecule has 0 N–H and O–H groups in total. The molecule has 3 rings (SSSR count). The minimum atomic E-state index is -3.42. The molecule has 1 fully saturated rings. The summed E-state index contributed by atoms with van der Waals surface area (Å²) in [7, 11) is -3.42. The maximum Gasteiger partial charge on any atom is 0.264 e. The van der Waals surface area contributed by atoms with Crippen LogP contribution in [-0.4, -0.2) is 49.7 Å². The molecule has 8 heteroatoms. The Morgan fingerprint density at radius 2 is 1.96 bits per heavy atom. The van der Waals surface area contributed by atoms with Crippen LogP contribution in [0.15, 0.2) is 27.8 Å². The average molecular weight is 385 g/mol. The molecule has 0 aliphatic carbocycles. The maximum absolute atomic E-state index is 12.6. The molecule has 24 heavy (non-hydrogen) atoms. The molecule has 2 aromatic rings. The van der Waals surface area contributed by atoms with Gasteiger partial charge in [0.1, 0.15) is 4.21 Å². The van der Waals surface area contributed by atoms with Crippen LogP contribution >= 0.6 is 22.7 Å². The molecule has 0 spiro atoms. The molecule has 1 saturated heterocycles. The first-order valence-electron chi connectivity index (χ1n) is 7.85. The van der Waals surface area contributed by atoms with Gasteiger partial charge in [0.15, 0.2) is 0 Å². The summed E-state index contributed by atoms with van der Waals surface area (Å²) in [5, 5.41) is 1.76. The Morgan fingerprint density at radius 3 is 2.50 bits per heavy atom. The molecule has 3 heterocycles. The molecule has 0 saturated carbocycles. The van der Waals surface area contributed by atoms with E-state index in [0.29, 0.717) is 30.4 Å². The number of aryl methyl sites for hydroxylation is 2. The minimum Gasteiger partial charge on any atom is -0.335 e. The highest BCUT2D eigenvalue weighted by atomic mass is 32.2. The molecule has 0 unspecified atom stereocenters. The number of carbonyl (C=O) groups is 1. The topological polar surface area (TPSA) is 57.7 Å². The molecular weight excluding hydrogens is 364 g/mol. The number of carbonyl (C=O) groups excluding carboxylic acids is 1. The molecule has 0 atom stereocenters. The van der Waals surface area contributed by atoms with E-state index in [0.717, 1.165) is 11.3 Å². The highest BCUT2D eigenvalue weighted by Crippen LogP contribution is 2.25. The number of hydrogen-bond donors (Lipinski definition) is 0. The Hall–Kier alpha value is -1.22. The third kappa shape index (κ3) is 3.28. The fraction of sp³-hybridized carbons (Fsp3) is 0.438. The predicted molar refractivity (Wildman–Crippen MR) is 97.4 cm³/mol. The van der Waals surface area contributed by atoms with Crippen LogP contribution in [0.3, 0.4) is 0 Å². The second-order valence-electron chi connectivity index (χ2n) is 5.67. The fourth-order valence-electron chi connectivity index (χ4n) is 2.80. The van der Waals surface area contributed by atoms with Gasteiger partial charge in [-0.05, 0) is 36.4 Å². The molecule has 1 amide bonds. The van der Waals surface area contributed by atoms with Crippen LogP contribution in [-0.2, 0) is 16.4 Å². The summed E-state index contributed by atoms with van der Waals surface area (Å²) in [5.74, 6) is 0.0102. The van der Waals surface area contributed by atoms with E-state index in [1.165, 1.54) is 37.4 Å². The van der Waals surface area contributed by atoms with Gasteiger partial charge < -0.3 is 4.90 Å². The third-order valence-electron chi connectivity index (χ3n) is 4.23. The van der Waals surface area contributed by atoms with Gasteiger partial charge in [0.2, 0.25) is 0 Å².